The fourth-order valence-corrected chi connectivity index (χ4v) is 2.57. The SMILES string of the molecule is OC[C@H]1O[C@@H](O[C@@H]2[C@H](O)[C@@H](O)C(O)O[C@@H]2CO)[C@H](O)[C@@H](O)[C@H]1O. The summed E-state index contributed by atoms with van der Waals surface area (Å²) in [7, 11) is 0. The van der Waals surface area contributed by atoms with Crippen LogP contribution in [0.3, 0.4) is 0 Å². The van der Waals surface area contributed by atoms with Crippen LogP contribution in [0, 0.1) is 0 Å². The van der Waals surface area contributed by atoms with Crippen molar-refractivity contribution in [2.75, 3.05) is 13.2 Å². The number of rotatable bonds is 4. The molecular weight excluding hydrogens is 320 g/mol. The molecule has 2 aliphatic heterocycles. The Hall–Kier alpha value is -0.440. The molecule has 1 unspecified atom stereocenters. The summed E-state index contributed by atoms with van der Waals surface area (Å²) in [6.07, 6.45) is -15.6. The molecule has 0 aromatic heterocycles. The lowest BCUT2D eigenvalue weighted by Gasteiger charge is -2.45. The summed E-state index contributed by atoms with van der Waals surface area (Å²) in [4.78, 5) is 0. The van der Waals surface area contributed by atoms with Gasteiger partial charge in [-0.25, -0.2) is 0 Å². The van der Waals surface area contributed by atoms with Gasteiger partial charge in [0.15, 0.2) is 12.6 Å². The first-order valence-corrected chi connectivity index (χ1v) is 7.08. The highest BCUT2D eigenvalue weighted by molar-refractivity contribution is 4.93. The van der Waals surface area contributed by atoms with Gasteiger partial charge in [-0.05, 0) is 0 Å². The standard InChI is InChI=1S/C12H22O11/c13-1-3-5(15)6(16)9(19)12(22-3)23-10-4(2-14)21-11(20)8(18)7(10)17/h3-20H,1-2H2/t3-,4-,5+,6+,7-,8-,9-,10+,11?,12+/m1/s1. The summed E-state index contributed by atoms with van der Waals surface area (Å²) < 4.78 is 15.3. The molecule has 10 atom stereocenters. The fourth-order valence-electron chi connectivity index (χ4n) is 2.57. The van der Waals surface area contributed by atoms with E-state index in [4.69, 9.17) is 19.3 Å². The second-order valence-corrected chi connectivity index (χ2v) is 5.53. The Bertz CT molecular complexity index is 378. The van der Waals surface area contributed by atoms with Gasteiger partial charge in [0.1, 0.15) is 48.8 Å². The third-order valence-corrected chi connectivity index (χ3v) is 3.98. The van der Waals surface area contributed by atoms with Crippen LogP contribution in [0.1, 0.15) is 0 Å². The lowest BCUT2D eigenvalue weighted by atomic mass is 9.97. The highest BCUT2D eigenvalue weighted by Gasteiger charge is 2.50. The molecule has 2 aliphatic rings. The molecule has 8 N–H and O–H groups in total. The number of hydrogen-bond acceptors (Lipinski definition) is 11. The van der Waals surface area contributed by atoms with E-state index in [-0.39, 0.29) is 0 Å². The smallest absolute Gasteiger partial charge is 0.187 e. The Balaban J connectivity index is 2.11. The van der Waals surface area contributed by atoms with E-state index in [9.17, 15) is 35.7 Å². The van der Waals surface area contributed by atoms with Crippen LogP contribution in [0.2, 0.25) is 0 Å². The Kier molecular flexibility index (Phi) is 6.27. The first-order valence-electron chi connectivity index (χ1n) is 7.08. The first kappa shape index (κ1) is 18.9. The van der Waals surface area contributed by atoms with Crippen molar-refractivity contribution in [3.05, 3.63) is 0 Å². The van der Waals surface area contributed by atoms with E-state index in [2.05, 4.69) is 0 Å². The van der Waals surface area contributed by atoms with Crippen molar-refractivity contribution in [3.63, 3.8) is 0 Å². The van der Waals surface area contributed by atoms with Crippen LogP contribution in [-0.4, -0.2) is 115 Å². The lowest BCUT2D eigenvalue weighted by molar-refractivity contribution is -0.355. The molecule has 0 amide bonds. The first-order chi connectivity index (χ1) is 10.8. The van der Waals surface area contributed by atoms with Gasteiger partial charge in [-0.3, -0.25) is 0 Å². The maximum atomic E-state index is 9.94. The van der Waals surface area contributed by atoms with Crippen LogP contribution in [0.15, 0.2) is 0 Å². The zero-order valence-corrected chi connectivity index (χ0v) is 12.0. The number of ether oxygens (including phenoxy) is 3. The molecule has 136 valence electrons. The average molecular weight is 342 g/mol. The minimum absolute atomic E-state index is 0.667. The summed E-state index contributed by atoms with van der Waals surface area (Å²) in [5.74, 6) is 0. The second kappa shape index (κ2) is 7.63. The highest BCUT2D eigenvalue weighted by Crippen LogP contribution is 2.28. The normalized spacial score (nSPS) is 51.7. The Labute approximate surface area is 130 Å². The number of aliphatic hydroxyl groups is 8. The van der Waals surface area contributed by atoms with Gasteiger partial charge >= 0.3 is 0 Å². The van der Waals surface area contributed by atoms with E-state index < -0.39 is 74.6 Å². The predicted octanol–water partition coefficient (Wildman–Crippen LogP) is -5.40. The third kappa shape index (κ3) is 3.65. The Morgan fingerprint density at radius 2 is 1.26 bits per heavy atom. The van der Waals surface area contributed by atoms with Gasteiger partial charge in [0.05, 0.1) is 13.2 Å². The van der Waals surface area contributed by atoms with Gasteiger partial charge in [-0.1, -0.05) is 0 Å². The van der Waals surface area contributed by atoms with Crippen molar-refractivity contribution < 1.29 is 55.1 Å². The Morgan fingerprint density at radius 3 is 1.83 bits per heavy atom. The van der Waals surface area contributed by atoms with Crippen LogP contribution in [0.4, 0.5) is 0 Å². The minimum Gasteiger partial charge on any atom is -0.394 e. The van der Waals surface area contributed by atoms with Crippen molar-refractivity contribution in [1.82, 2.24) is 0 Å². The molecule has 2 saturated heterocycles. The number of aliphatic hydroxyl groups excluding tert-OH is 8. The van der Waals surface area contributed by atoms with E-state index in [0.29, 0.717) is 0 Å². The molecule has 0 bridgehead atoms. The lowest BCUT2D eigenvalue weighted by Crippen LogP contribution is -2.64. The van der Waals surface area contributed by atoms with Crippen molar-refractivity contribution >= 4 is 0 Å². The molecule has 23 heavy (non-hydrogen) atoms. The van der Waals surface area contributed by atoms with E-state index in [0.717, 1.165) is 0 Å². The van der Waals surface area contributed by atoms with Crippen LogP contribution >= 0.6 is 0 Å². The van der Waals surface area contributed by atoms with Gasteiger partial charge in [0.25, 0.3) is 0 Å². The summed E-state index contributed by atoms with van der Waals surface area (Å²) in [6.45, 7) is -1.35. The van der Waals surface area contributed by atoms with Crippen LogP contribution < -0.4 is 0 Å². The van der Waals surface area contributed by atoms with Crippen molar-refractivity contribution in [3.8, 4) is 0 Å². The molecule has 0 aromatic carbocycles. The van der Waals surface area contributed by atoms with Gasteiger partial charge in [-0.15, -0.1) is 0 Å². The molecule has 0 radical (unpaired) electrons. The topological polar surface area (TPSA) is 190 Å². The van der Waals surface area contributed by atoms with E-state index in [1.807, 2.05) is 0 Å². The maximum Gasteiger partial charge on any atom is 0.187 e. The quantitative estimate of drug-likeness (QED) is 0.243. The molecular formula is C12H22O11. The van der Waals surface area contributed by atoms with Gasteiger partial charge in [0, 0.05) is 0 Å². The van der Waals surface area contributed by atoms with Crippen LogP contribution in [-0.2, 0) is 14.2 Å². The molecule has 11 nitrogen and oxygen atoms in total. The fraction of sp³-hybridized carbons (Fsp3) is 1.00. The van der Waals surface area contributed by atoms with Gasteiger partial charge in [0.2, 0.25) is 0 Å². The second-order valence-electron chi connectivity index (χ2n) is 5.53. The van der Waals surface area contributed by atoms with Crippen molar-refractivity contribution in [1.29, 1.82) is 0 Å². The molecule has 0 aromatic rings. The highest BCUT2D eigenvalue weighted by atomic mass is 16.7. The minimum atomic E-state index is -1.74. The summed E-state index contributed by atoms with van der Waals surface area (Å²) >= 11 is 0. The van der Waals surface area contributed by atoms with E-state index in [1.165, 1.54) is 0 Å². The van der Waals surface area contributed by atoms with E-state index in [1.54, 1.807) is 0 Å². The van der Waals surface area contributed by atoms with Crippen LogP contribution in [0.5, 0.6) is 0 Å². The average Bonchev–Trinajstić information content (AvgIpc) is 2.55. The summed E-state index contributed by atoms with van der Waals surface area (Å²) in [5, 5.41) is 76.5. The molecule has 11 heteroatoms. The zero-order chi connectivity index (χ0) is 17.3. The van der Waals surface area contributed by atoms with Gasteiger partial charge < -0.3 is 55.1 Å². The molecule has 0 aliphatic carbocycles. The third-order valence-electron chi connectivity index (χ3n) is 3.98. The molecule has 0 saturated carbocycles. The van der Waals surface area contributed by atoms with Gasteiger partial charge in [-0.2, -0.15) is 0 Å². The molecule has 0 spiro atoms. The molecule has 2 fully saturated rings. The zero-order valence-electron chi connectivity index (χ0n) is 12.0. The monoisotopic (exact) mass is 342 g/mol. The van der Waals surface area contributed by atoms with E-state index >= 15 is 0 Å². The Morgan fingerprint density at radius 1 is 0.652 bits per heavy atom. The van der Waals surface area contributed by atoms with Crippen molar-refractivity contribution in [2.24, 2.45) is 0 Å². The van der Waals surface area contributed by atoms with Crippen molar-refractivity contribution in [2.45, 2.75) is 61.4 Å². The largest absolute Gasteiger partial charge is 0.394 e. The maximum absolute atomic E-state index is 9.94. The summed E-state index contributed by atoms with van der Waals surface area (Å²) in [6, 6.07) is 0. The molecule has 2 rings (SSSR count). The number of hydrogen-bond donors (Lipinski definition) is 8. The van der Waals surface area contributed by atoms with Crippen LogP contribution in [0.25, 0.3) is 0 Å². The predicted molar refractivity (Wildman–Crippen MR) is 68.6 cm³/mol. The summed E-state index contributed by atoms with van der Waals surface area (Å²) in [5.41, 5.74) is 0. The molecule has 2 heterocycles.